The number of hydrogen-bond acceptors (Lipinski definition) is 4. The summed E-state index contributed by atoms with van der Waals surface area (Å²) in [6.45, 7) is 6.07. The molecule has 1 rings (SSSR count). The van der Waals surface area contributed by atoms with Gasteiger partial charge in [0.1, 0.15) is 6.04 Å². The van der Waals surface area contributed by atoms with Gasteiger partial charge in [-0.05, 0) is 39.3 Å². The van der Waals surface area contributed by atoms with E-state index in [2.05, 4.69) is 5.32 Å². The van der Waals surface area contributed by atoms with Crippen molar-refractivity contribution >= 4 is 17.6 Å². The number of aliphatic carboxylic acids is 1. The lowest BCUT2D eigenvalue weighted by Gasteiger charge is -2.14. The molecular formula is C13H16N2O5. The van der Waals surface area contributed by atoms with Gasteiger partial charge < -0.3 is 10.4 Å². The van der Waals surface area contributed by atoms with Crippen molar-refractivity contribution in [1.82, 2.24) is 5.32 Å². The predicted molar refractivity (Wildman–Crippen MR) is 71.9 cm³/mol. The Bertz CT molecular complexity index is 595. The highest BCUT2D eigenvalue weighted by atomic mass is 16.6. The lowest BCUT2D eigenvalue weighted by atomic mass is 9.96. The normalized spacial score (nSPS) is 11.8. The molecule has 0 bridgehead atoms. The summed E-state index contributed by atoms with van der Waals surface area (Å²) < 4.78 is 0. The van der Waals surface area contributed by atoms with Crippen LogP contribution in [-0.2, 0) is 4.79 Å². The quantitative estimate of drug-likeness (QED) is 0.644. The number of carbonyl (C=O) groups excluding carboxylic acids is 1. The number of aryl methyl sites for hydroxylation is 2. The van der Waals surface area contributed by atoms with E-state index in [-0.39, 0.29) is 16.8 Å². The van der Waals surface area contributed by atoms with Crippen molar-refractivity contribution < 1.29 is 19.6 Å². The first-order valence-corrected chi connectivity index (χ1v) is 5.95. The molecule has 7 heteroatoms. The molecule has 0 saturated carbocycles. The summed E-state index contributed by atoms with van der Waals surface area (Å²) in [7, 11) is 0. The van der Waals surface area contributed by atoms with Crippen molar-refractivity contribution in [1.29, 1.82) is 0 Å². The van der Waals surface area contributed by atoms with Crippen LogP contribution in [-0.4, -0.2) is 27.9 Å². The Hall–Kier alpha value is -2.44. The molecule has 0 fully saturated rings. The Kier molecular flexibility index (Phi) is 4.44. The molecule has 0 aliphatic heterocycles. The Morgan fingerprint density at radius 2 is 1.85 bits per heavy atom. The Morgan fingerprint density at radius 3 is 2.30 bits per heavy atom. The van der Waals surface area contributed by atoms with Gasteiger partial charge in [0.2, 0.25) is 0 Å². The minimum atomic E-state index is -1.17. The average Bonchev–Trinajstić information content (AvgIpc) is 2.26. The second-order valence-electron chi connectivity index (χ2n) is 4.65. The number of hydrogen-bond donors (Lipinski definition) is 2. The zero-order valence-corrected chi connectivity index (χ0v) is 11.7. The maximum absolute atomic E-state index is 12.1. The topological polar surface area (TPSA) is 110 Å². The van der Waals surface area contributed by atoms with Crippen molar-refractivity contribution in [3.05, 3.63) is 38.4 Å². The summed E-state index contributed by atoms with van der Waals surface area (Å²) in [4.78, 5) is 33.3. The van der Waals surface area contributed by atoms with Crippen molar-refractivity contribution in [2.24, 2.45) is 0 Å². The Labute approximate surface area is 115 Å². The van der Waals surface area contributed by atoms with Crippen LogP contribution in [0.3, 0.4) is 0 Å². The smallest absolute Gasteiger partial charge is 0.325 e. The minimum Gasteiger partial charge on any atom is -0.480 e. The fourth-order valence-electron chi connectivity index (χ4n) is 2.14. The molecule has 0 radical (unpaired) electrons. The van der Waals surface area contributed by atoms with E-state index in [4.69, 9.17) is 5.11 Å². The number of nitro groups is 1. The highest BCUT2D eigenvalue weighted by molar-refractivity contribution is 6.00. The molecule has 0 aromatic heterocycles. The fourth-order valence-corrected chi connectivity index (χ4v) is 2.14. The first-order valence-electron chi connectivity index (χ1n) is 5.95. The van der Waals surface area contributed by atoms with Crippen LogP contribution >= 0.6 is 0 Å². The number of carbonyl (C=O) groups is 2. The van der Waals surface area contributed by atoms with E-state index < -0.39 is 22.8 Å². The largest absolute Gasteiger partial charge is 0.480 e. The van der Waals surface area contributed by atoms with E-state index in [0.29, 0.717) is 11.1 Å². The molecule has 1 atom stereocenters. The molecule has 0 heterocycles. The number of carboxylic acid groups (broad SMARTS) is 1. The molecule has 1 aromatic rings. The van der Waals surface area contributed by atoms with Crippen molar-refractivity contribution in [2.45, 2.75) is 33.7 Å². The van der Waals surface area contributed by atoms with Gasteiger partial charge >= 0.3 is 5.97 Å². The van der Waals surface area contributed by atoms with Crippen molar-refractivity contribution in [2.75, 3.05) is 0 Å². The average molecular weight is 280 g/mol. The van der Waals surface area contributed by atoms with E-state index in [1.54, 1.807) is 19.9 Å². The SMILES string of the molecule is Cc1cc(C)c([N+](=O)[O-])c(C)c1C(=O)N[C@@H](C)C(=O)O. The third-order valence-corrected chi connectivity index (χ3v) is 3.06. The molecular weight excluding hydrogens is 264 g/mol. The number of benzene rings is 1. The van der Waals surface area contributed by atoms with E-state index in [0.717, 1.165) is 0 Å². The van der Waals surface area contributed by atoms with Gasteiger partial charge in [-0.1, -0.05) is 0 Å². The zero-order valence-electron chi connectivity index (χ0n) is 11.7. The molecule has 1 amide bonds. The molecule has 2 N–H and O–H groups in total. The predicted octanol–water partition coefficient (Wildman–Crippen LogP) is 1.72. The van der Waals surface area contributed by atoms with Crippen molar-refractivity contribution in [3.8, 4) is 0 Å². The number of amides is 1. The second-order valence-corrected chi connectivity index (χ2v) is 4.65. The summed E-state index contributed by atoms with van der Waals surface area (Å²) in [5.41, 5.74) is 1.30. The fraction of sp³-hybridized carbons (Fsp3) is 0.385. The lowest BCUT2D eigenvalue weighted by molar-refractivity contribution is -0.386. The van der Waals surface area contributed by atoms with Gasteiger partial charge in [-0.3, -0.25) is 19.7 Å². The summed E-state index contributed by atoms with van der Waals surface area (Å²) in [5.74, 6) is -1.80. The molecule has 108 valence electrons. The van der Waals surface area contributed by atoms with Crippen LogP contribution in [0.5, 0.6) is 0 Å². The van der Waals surface area contributed by atoms with Crippen LogP contribution < -0.4 is 5.32 Å². The molecule has 1 aromatic carbocycles. The lowest BCUT2D eigenvalue weighted by Crippen LogP contribution is -2.39. The van der Waals surface area contributed by atoms with Crippen LogP contribution in [0.25, 0.3) is 0 Å². The third kappa shape index (κ3) is 2.93. The number of nitrogens with one attached hydrogen (secondary N) is 1. The second kappa shape index (κ2) is 5.68. The number of carboxylic acids is 1. The molecule has 0 unspecified atom stereocenters. The summed E-state index contributed by atoms with van der Waals surface area (Å²) in [6, 6.07) is 0.479. The number of rotatable bonds is 4. The van der Waals surface area contributed by atoms with Crippen LogP contribution in [0.4, 0.5) is 5.69 Å². The number of nitro benzene ring substituents is 1. The highest BCUT2D eigenvalue weighted by Gasteiger charge is 2.25. The van der Waals surface area contributed by atoms with Crippen LogP contribution in [0.2, 0.25) is 0 Å². The van der Waals surface area contributed by atoms with Gasteiger partial charge in [0, 0.05) is 11.1 Å². The van der Waals surface area contributed by atoms with Crippen LogP contribution in [0, 0.1) is 30.9 Å². The molecule has 7 nitrogen and oxygen atoms in total. The van der Waals surface area contributed by atoms with E-state index in [9.17, 15) is 19.7 Å². The first kappa shape index (κ1) is 15.6. The molecule has 0 saturated heterocycles. The Morgan fingerprint density at radius 1 is 1.30 bits per heavy atom. The van der Waals surface area contributed by atoms with Crippen LogP contribution in [0.1, 0.15) is 34.0 Å². The number of nitrogens with zero attached hydrogens (tertiary/aromatic N) is 1. The monoisotopic (exact) mass is 280 g/mol. The molecule has 0 spiro atoms. The minimum absolute atomic E-state index is 0.122. The van der Waals surface area contributed by atoms with Gasteiger partial charge in [-0.25, -0.2) is 0 Å². The summed E-state index contributed by atoms with van der Waals surface area (Å²) >= 11 is 0. The Balaban J connectivity index is 3.31. The maximum atomic E-state index is 12.1. The first-order chi connectivity index (χ1) is 9.16. The standard InChI is InChI=1S/C13H16N2O5/c1-6-5-7(2)11(15(19)20)8(3)10(6)12(16)14-9(4)13(17)18/h5,9H,1-4H3,(H,14,16)(H,17,18)/t9-/m0/s1. The van der Waals surface area contributed by atoms with Gasteiger partial charge in [-0.2, -0.15) is 0 Å². The van der Waals surface area contributed by atoms with Gasteiger partial charge in [0.15, 0.2) is 0 Å². The summed E-state index contributed by atoms with van der Waals surface area (Å²) in [6.07, 6.45) is 0. The zero-order chi connectivity index (χ0) is 15.6. The molecule has 20 heavy (non-hydrogen) atoms. The maximum Gasteiger partial charge on any atom is 0.325 e. The summed E-state index contributed by atoms with van der Waals surface area (Å²) in [5, 5.41) is 22.1. The van der Waals surface area contributed by atoms with Gasteiger partial charge in [0.05, 0.1) is 10.5 Å². The van der Waals surface area contributed by atoms with Gasteiger partial charge in [-0.15, -0.1) is 0 Å². The molecule has 0 aliphatic rings. The molecule has 0 aliphatic carbocycles. The third-order valence-electron chi connectivity index (χ3n) is 3.06. The highest BCUT2D eigenvalue weighted by Crippen LogP contribution is 2.28. The van der Waals surface area contributed by atoms with Crippen LogP contribution in [0.15, 0.2) is 6.07 Å². The van der Waals surface area contributed by atoms with Gasteiger partial charge in [0.25, 0.3) is 11.6 Å². The van der Waals surface area contributed by atoms with E-state index in [1.807, 2.05) is 0 Å². The van der Waals surface area contributed by atoms with E-state index >= 15 is 0 Å². The van der Waals surface area contributed by atoms with E-state index in [1.165, 1.54) is 13.8 Å². The van der Waals surface area contributed by atoms with Crippen molar-refractivity contribution in [3.63, 3.8) is 0 Å².